The third kappa shape index (κ3) is 2.70. The number of hydrogen-bond acceptors (Lipinski definition) is 1. The van der Waals surface area contributed by atoms with E-state index in [1.165, 1.54) is 32.4 Å². The molecule has 0 bridgehead atoms. The second kappa shape index (κ2) is 3.97. The van der Waals surface area contributed by atoms with E-state index in [1.54, 1.807) is 0 Å². The molecule has 0 aromatic heterocycles. The van der Waals surface area contributed by atoms with Crippen LogP contribution in [0.15, 0.2) is 0 Å². The van der Waals surface area contributed by atoms with Gasteiger partial charge in [0.1, 0.15) is 0 Å². The average Bonchev–Trinajstić information content (AvgIpc) is 1.88. The molecule has 0 spiro atoms. The van der Waals surface area contributed by atoms with Gasteiger partial charge in [-0.15, -0.1) is 0 Å². The van der Waals surface area contributed by atoms with Crippen LogP contribution in [-0.4, -0.2) is 13.1 Å². The van der Waals surface area contributed by atoms with Crippen molar-refractivity contribution in [2.75, 3.05) is 13.1 Å². The highest BCUT2D eigenvalue weighted by Gasteiger charge is 2.13. The zero-order valence-corrected chi connectivity index (χ0v) is 7.19. The van der Waals surface area contributed by atoms with Crippen molar-refractivity contribution in [2.45, 2.75) is 33.1 Å². The van der Waals surface area contributed by atoms with Crippen molar-refractivity contribution in [3.63, 3.8) is 0 Å². The molecule has 0 amide bonds. The van der Waals surface area contributed by atoms with Gasteiger partial charge in [-0.3, -0.25) is 0 Å². The van der Waals surface area contributed by atoms with Crippen molar-refractivity contribution in [1.29, 1.82) is 0 Å². The van der Waals surface area contributed by atoms with E-state index in [0.717, 1.165) is 11.8 Å². The van der Waals surface area contributed by atoms with Gasteiger partial charge in [-0.1, -0.05) is 13.8 Å². The Bertz CT molecular complexity index is 82.7. The summed E-state index contributed by atoms with van der Waals surface area (Å²) in [4.78, 5) is 0. The summed E-state index contributed by atoms with van der Waals surface area (Å²) in [7, 11) is 0. The third-order valence-corrected chi connectivity index (χ3v) is 2.20. The molecule has 0 aliphatic carbocycles. The SMILES string of the molecule is CC(C)CC1CCCNC1. The first-order chi connectivity index (χ1) is 4.79. The fraction of sp³-hybridized carbons (Fsp3) is 1.00. The van der Waals surface area contributed by atoms with Crippen LogP contribution in [0.4, 0.5) is 0 Å². The Morgan fingerprint density at radius 2 is 2.30 bits per heavy atom. The molecule has 1 aliphatic rings. The quantitative estimate of drug-likeness (QED) is 0.620. The summed E-state index contributed by atoms with van der Waals surface area (Å²) in [6.07, 6.45) is 4.25. The van der Waals surface area contributed by atoms with Gasteiger partial charge < -0.3 is 5.32 Å². The molecular formula is C9H19N. The Morgan fingerprint density at radius 3 is 2.80 bits per heavy atom. The smallest absolute Gasteiger partial charge is 0.00204 e. The van der Waals surface area contributed by atoms with Crippen LogP contribution in [0.3, 0.4) is 0 Å². The normalized spacial score (nSPS) is 27.3. The Labute approximate surface area is 64.2 Å². The molecule has 10 heavy (non-hydrogen) atoms. The molecular weight excluding hydrogens is 122 g/mol. The maximum atomic E-state index is 3.44. The summed E-state index contributed by atoms with van der Waals surface area (Å²) >= 11 is 0. The first-order valence-corrected chi connectivity index (χ1v) is 4.49. The molecule has 1 rings (SSSR count). The van der Waals surface area contributed by atoms with Crippen molar-refractivity contribution in [3.05, 3.63) is 0 Å². The molecule has 1 saturated heterocycles. The van der Waals surface area contributed by atoms with Crippen LogP contribution in [0.25, 0.3) is 0 Å². The highest BCUT2D eigenvalue weighted by atomic mass is 14.9. The number of rotatable bonds is 2. The zero-order valence-electron chi connectivity index (χ0n) is 7.19. The molecule has 0 aromatic carbocycles. The molecule has 0 radical (unpaired) electrons. The number of hydrogen-bond donors (Lipinski definition) is 1. The maximum absolute atomic E-state index is 3.44. The van der Waals surface area contributed by atoms with E-state index in [2.05, 4.69) is 19.2 Å². The van der Waals surface area contributed by atoms with Crippen LogP contribution < -0.4 is 5.32 Å². The average molecular weight is 141 g/mol. The van der Waals surface area contributed by atoms with Crippen LogP contribution in [0, 0.1) is 11.8 Å². The van der Waals surface area contributed by atoms with Crippen molar-refractivity contribution >= 4 is 0 Å². The van der Waals surface area contributed by atoms with E-state index in [0.29, 0.717) is 0 Å². The van der Waals surface area contributed by atoms with Crippen LogP contribution in [0.2, 0.25) is 0 Å². The lowest BCUT2D eigenvalue weighted by molar-refractivity contribution is 0.322. The molecule has 1 unspecified atom stereocenters. The highest BCUT2D eigenvalue weighted by Crippen LogP contribution is 2.18. The van der Waals surface area contributed by atoms with Gasteiger partial charge in [0.15, 0.2) is 0 Å². The Hall–Kier alpha value is -0.0400. The molecule has 1 fully saturated rings. The molecule has 0 aromatic rings. The molecule has 1 atom stereocenters. The standard InChI is InChI=1S/C9H19N/c1-8(2)6-9-4-3-5-10-7-9/h8-10H,3-7H2,1-2H3. The lowest BCUT2D eigenvalue weighted by Crippen LogP contribution is -2.30. The van der Waals surface area contributed by atoms with E-state index < -0.39 is 0 Å². The molecule has 1 N–H and O–H groups in total. The molecule has 60 valence electrons. The van der Waals surface area contributed by atoms with E-state index >= 15 is 0 Å². The summed E-state index contributed by atoms with van der Waals surface area (Å²) < 4.78 is 0. The van der Waals surface area contributed by atoms with E-state index in [-0.39, 0.29) is 0 Å². The lowest BCUT2D eigenvalue weighted by Gasteiger charge is -2.23. The van der Waals surface area contributed by atoms with Gasteiger partial charge in [0, 0.05) is 0 Å². The summed E-state index contributed by atoms with van der Waals surface area (Å²) in [5, 5.41) is 3.44. The summed E-state index contributed by atoms with van der Waals surface area (Å²) in [5.41, 5.74) is 0. The van der Waals surface area contributed by atoms with Crippen LogP contribution >= 0.6 is 0 Å². The fourth-order valence-corrected chi connectivity index (χ4v) is 1.79. The number of nitrogens with one attached hydrogen (secondary N) is 1. The minimum atomic E-state index is 0.880. The first-order valence-electron chi connectivity index (χ1n) is 4.49. The zero-order chi connectivity index (χ0) is 7.40. The molecule has 1 heterocycles. The van der Waals surface area contributed by atoms with Crippen molar-refractivity contribution in [1.82, 2.24) is 5.32 Å². The van der Waals surface area contributed by atoms with Crippen molar-refractivity contribution in [2.24, 2.45) is 11.8 Å². The van der Waals surface area contributed by atoms with E-state index in [1.807, 2.05) is 0 Å². The fourth-order valence-electron chi connectivity index (χ4n) is 1.79. The van der Waals surface area contributed by atoms with Gasteiger partial charge >= 0.3 is 0 Å². The van der Waals surface area contributed by atoms with Crippen molar-refractivity contribution < 1.29 is 0 Å². The Balaban J connectivity index is 2.13. The minimum absolute atomic E-state index is 0.880. The molecule has 1 heteroatoms. The topological polar surface area (TPSA) is 12.0 Å². The maximum Gasteiger partial charge on any atom is -0.00204 e. The summed E-state index contributed by atoms with van der Waals surface area (Å²) in [5.74, 6) is 1.85. The predicted octanol–water partition coefficient (Wildman–Crippen LogP) is 2.03. The second-order valence-corrected chi connectivity index (χ2v) is 3.84. The van der Waals surface area contributed by atoms with Gasteiger partial charge in [-0.05, 0) is 44.2 Å². The van der Waals surface area contributed by atoms with Crippen LogP contribution in [0.1, 0.15) is 33.1 Å². The Morgan fingerprint density at radius 1 is 1.50 bits per heavy atom. The van der Waals surface area contributed by atoms with Crippen molar-refractivity contribution in [3.8, 4) is 0 Å². The predicted molar refractivity (Wildman–Crippen MR) is 45.0 cm³/mol. The minimum Gasteiger partial charge on any atom is -0.316 e. The van der Waals surface area contributed by atoms with Crippen LogP contribution in [-0.2, 0) is 0 Å². The monoisotopic (exact) mass is 141 g/mol. The summed E-state index contributed by atoms with van der Waals surface area (Å²) in [6.45, 7) is 7.13. The molecule has 1 aliphatic heterocycles. The first kappa shape index (κ1) is 8.06. The van der Waals surface area contributed by atoms with Gasteiger partial charge in [-0.25, -0.2) is 0 Å². The van der Waals surface area contributed by atoms with Gasteiger partial charge in [0.2, 0.25) is 0 Å². The van der Waals surface area contributed by atoms with Crippen LogP contribution in [0.5, 0.6) is 0 Å². The van der Waals surface area contributed by atoms with E-state index in [4.69, 9.17) is 0 Å². The molecule has 0 saturated carbocycles. The third-order valence-electron chi connectivity index (χ3n) is 2.20. The van der Waals surface area contributed by atoms with E-state index in [9.17, 15) is 0 Å². The molecule has 1 nitrogen and oxygen atoms in total. The Kier molecular flexibility index (Phi) is 3.20. The number of piperidine rings is 1. The summed E-state index contributed by atoms with van der Waals surface area (Å²) in [6, 6.07) is 0. The second-order valence-electron chi connectivity index (χ2n) is 3.84. The van der Waals surface area contributed by atoms with Gasteiger partial charge in [-0.2, -0.15) is 0 Å². The largest absolute Gasteiger partial charge is 0.316 e. The lowest BCUT2D eigenvalue weighted by atomic mass is 9.91. The van der Waals surface area contributed by atoms with Gasteiger partial charge in [0.25, 0.3) is 0 Å². The van der Waals surface area contributed by atoms with Gasteiger partial charge in [0.05, 0.1) is 0 Å². The highest BCUT2D eigenvalue weighted by molar-refractivity contribution is 4.69.